The Morgan fingerprint density at radius 2 is 2.05 bits per heavy atom. The normalized spacial score (nSPS) is 13.3. The summed E-state index contributed by atoms with van der Waals surface area (Å²) in [6.45, 7) is 3.83. The summed E-state index contributed by atoms with van der Waals surface area (Å²) in [5.41, 5.74) is 2.05. The zero-order valence-corrected chi connectivity index (χ0v) is 14.1. The molecule has 0 aromatic rings. The minimum absolute atomic E-state index is 0.0876. The molecule has 0 rings (SSSR count). The molecule has 0 saturated carbocycles. The van der Waals surface area contributed by atoms with Crippen molar-refractivity contribution in [2.24, 2.45) is 5.92 Å². The second kappa shape index (κ2) is 11.4. The van der Waals surface area contributed by atoms with Crippen molar-refractivity contribution in [3.05, 3.63) is 35.6 Å². The lowest BCUT2D eigenvalue weighted by Crippen LogP contribution is -2.18. The first-order chi connectivity index (χ1) is 10.5. The predicted molar refractivity (Wildman–Crippen MR) is 88.9 cm³/mol. The topological polar surface area (TPSA) is 46.6 Å². The molecule has 0 aromatic heterocycles. The fourth-order valence-electron chi connectivity index (χ4n) is 2.10. The van der Waals surface area contributed by atoms with E-state index in [0.29, 0.717) is 6.42 Å². The van der Waals surface area contributed by atoms with Crippen LogP contribution in [0.25, 0.3) is 0 Å². The van der Waals surface area contributed by atoms with Gasteiger partial charge in [-0.3, -0.25) is 9.59 Å². The van der Waals surface area contributed by atoms with E-state index in [9.17, 15) is 9.59 Å². The van der Waals surface area contributed by atoms with Gasteiger partial charge in [-0.25, -0.2) is 0 Å². The summed E-state index contributed by atoms with van der Waals surface area (Å²) >= 11 is 0. The lowest BCUT2D eigenvalue weighted by Gasteiger charge is -2.24. The van der Waals surface area contributed by atoms with E-state index in [0.717, 1.165) is 17.6 Å². The van der Waals surface area contributed by atoms with Gasteiger partial charge in [-0.15, -0.1) is 5.92 Å². The molecule has 0 heterocycles. The second-order valence-corrected chi connectivity index (χ2v) is 4.90. The molecule has 22 heavy (non-hydrogen) atoms. The summed E-state index contributed by atoms with van der Waals surface area (Å²) in [5.74, 6) is 5.72. The number of aldehydes is 1. The quantitative estimate of drug-likeness (QED) is 0.173. The molecule has 1 atom stereocenters. The largest absolute Gasteiger partial charge is 0.469 e. The van der Waals surface area contributed by atoms with Crippen molar-refractivity contribution in [1.82, 2.24) is 4.90 Å². The van der Waals surface area contributed by atoms with Gasteiger partial charge in [0, 0.05) is 32.1 Å². The summed E-state index contributed by atoms with van der Waals surface area (Å²) in [5, 5.41) is 0. The minimum atomic E-state index is -0.267. The highest BCUT2D eigenvalue weighted by Gasteiger charge is 2.12. The number of allylic oxidation sites excluding steroid dienone is 4. The zero-order chi connectivity index (χ0) is 17.0. The van der Waals surface area contributed by atoms with Crippen LogP contribution >= 0.6 is 0 Å². The van der Waals surface area contributed by atoms with Crippen LogP contribution in [0.1, 0.15) is 26.7 Å². The smallest absolute Gasteiger partial charge is 0.309 e. The fourth-order valence-corrected chi connectivity index (χ4v) is 2.10. The van der Waals surface area contributed by atoms with Crippen molar-refractivity contribution >= 4 is 12.3 Å². The maximum atomic E-state index is 11.1. The molecule has 1 unspecified atom stereocenters. The maximum Gasteiger partial charge on any atom is 0.309 e. The Morgan fingerprint density at radius 1 is 1.36 bits per heavy atom. The predicted octanol–water partition coefficient (Wildman–Crippen LogP) is 2.73. The Balaban J connectivity index is 5.44. The minimum Gasteiger partial charge on any atom is -0.469 e. The molecule has 0 aliphatic carbocycles. The molecule has 0 aromatic carbocycles. The van der Waals surface area contributed by atoms with Crippen molar-refractivity contribution in [2.45, 2.75) is 26.7 Å². The number of carbonyl (C=O) groups is 2. The molecule has 0 saturated heterocycles. The highest BCUT2D eigenvalue weighted by atomic mass is 16.5. The van der Waals surface area contributed by atoms with E-state index in [1.807, 2.05) is 32.0 Å². The molecule has 0 aliphatic heterocycles. The molecule has 0 bridgehead atoms. The highest BCUT2D eigenvalue weighted by molar-refractivity contribution is 5.70. The van der Waals surface area contributed by atoms with E-state index in [1.54, 1.807) is 19.1 Å². The van der Waals surface area contributed by atoms with Crippen LogP contribution in [0.4, 0.5) is 0 Å². The summed E-state index contributed by atoms with van der Waals surface area (Å²) in [6.07, 6.45) is 8.59. The van der Waals surface area contributed by atoms with Gasteiger partial charge in [0.25, 0.3) is 0 Å². The van der Waals surface area contributed by atoms with Crippen LogP contribution in [-0.4, -0.2) is 38.4 Å². The van der Waals surface area contributed by atoms with Crippen molar-refractivity contribution < 1.29 is 14.3 Å². The first-order valence-electron chi connectivity index (χ1n) is 7.13. The zero-order valence-electron chi connectivity index (χ0n) is 14.1. The van der Waals surface area contributed by atoms with Crippen molar-refractivity contribution in [3.63, 3.8) is 0 Å². The van der Waals surface area contributed by atoms with Crippen LogP contribution in [-0.2, 0) is 14.3 Å². The van der Waals surface area contributed by atoms with Crippen LogP contribution in [0.15, 0.2) is 35.6 Å². The van der Waals surface area contributed by atoms with Gasteiger partial charge in [0.2, 0.25) is 0 Å². The maximum absolute atomic E-state index is 11.1. The van der Waals surface area contributed by atoms with Crippen molar-refractivity contribution in [3.8, 4) is 11.8 Å². The van der Waals surface area contributed by atoms with E-state index >= 15 is 0 Å². The Hall–Kier alpha value is -2.28. The number of methoxy groups -OCH3 is 1. The highest BCUT2D eigenvalue weighted by Crippen LogP contribution is 2.22. The van der Waals surface area contributed by atoms with Crippen molar-refractivity contribution in [1.29, 1.82) is 0 Å². The third kappa shape index (κ3) is 7.49. The number of nitrogens with zero attached hydrogens (tertiary/aromatic N) is 1. The standard InChI is InChI=1S/C18H25NO3/c1-6-7-11-16(12-9-14-20)18(19(3)4)15(2)10-8-13-17(21)22-5/h8-10,12,14-15H,11,13H2,1-5H3/b10-8-,12-9-,18-16-. The monoisotopic (exact) mass is 303 g/mol. The lowest BCUT2D eigenvalue weighted by molar-refractivity contribution is -0.139. The van der Waals surface area contributed by atoms with Gasteiger partial charge in [-0.1, -0.05) is 31.1 Å². The van der Waals surface area contributed by atoms with Crippen LogP contribution in [0.3, 0.4) is 0 Å². The number of hydrogen-bond donors (Lipinski definition) is 0. The van der Waals surface area contributed by atoms with E-state index in [4.69, 9.17) is 0 Å². The summed E-state index contributed by atoms with van der Waals surface area (Å²) < 4.78 is 4.61. The van der Waals surface area contributed by atoms with Gasteiger partial charge in [-0.2, -0.15) is 0 Å². The Morgan fingerprint density at radius 3 is 2.55 bits per heavy atom. The van der Waals surface area contributed by atoms with Gasteiger partial charge >= 0.3 is 5.97 Å². The Kier molecular flexibility index (Phi) is 10.2. The molecule has 0 radical (unpaired) electrons. The van der Waals surface area contributed by atoms with Crippen LogP contribution < -0.4 is 0 Å². The van der Waals surface area contributed by atoms with E-state index in [-0.39, 0.29) is 18.3 Å². The van der Waals surface area contributed by atoms with Crippen LogP contribution in [0.2, 0.25) is 0 Å². The summed E-state index contributed by atoms with van der Waals surface area (Å²) in [4.78, 5) is 23.8. The lowest BCUT2D eigenvalue weighted by atomic mass is 9.98. The molecule has 0 aliphatic rings. The van der Waals surface area contributed by atoms with Crippen LogP contribution in [0, 0.1) is 17.8 Å². The number of carbonyl (C=O) groups excluding carboxylic acids is 2. The van der Waals surface area contributed by atoms with Crippen LogP contribution in [0.5, 0.6) is 0 Å². The molecular formula is C18H25NO3. The molecule has 0 fully saturated rings. The average molecular weight is 303 g/mol. The van der Waals surface area contributed by atoms with Gasteiger partial charge in [0.15, 0.2) is 0 Å². The molecule has 0 amide bonds. The molecule has 120 valence electrons. The Labute approximate surface area is 133 Å². The second-order valence-electron chi connectivity index (χ2n) is 4.90. The molecular weight excluding hydrogens is 278 g/mol. The summed E-state index contributed by atoms with van der Waals surface area (Å²) in [6, 6.07) is 0. The average Bonchev–Trinajstić information content (AvgIpc) is 2.49. The van der Waals surface area contributed by atoms with Gasteiger partial charge in [0.1, 0.15) is 6.29 Å². The molecule has 0 spiro atoms. The third-order valence-electron chi connectivity index (χ3n) is 3.01. The molecule has 4 nitrogen and oxygen atoms in total. The summed E-state index contributed by atoms with van der Waals surface area (Å²) in [7, 11) is 5.28. The number of rotatable bonds is 8. The first kappa shape index (κ1) is 19.7. The van der Waals surface area contributed by atoms with E-state index in [1.165, 1.54) is 13.2 Å². The Bertz CT molecular complexity index is 516. The first-order valence-corrected chi connectivity index (χ1v) is 7.13. The SMILES string of the molecule is CC#CCC(/C=C\C=O)=C(\C(C)/C=C\CC(=O)OC)N(C)C. The molecule has 0 N–H and O–H groups in total. The third-order valence-corrected chi connectivity index (χ3v) is 3.01. The molecule has 4 heteroatoms. The van der Waals surface area contributed by atoms with E-state index < -0.39 is 0 Å². The van der Waals surface area contributed by atoms with Gasteiger partial charge in [-0.05, 0) is 18.6 Å². The number of ether oxygens (including phenoxy) is 1. The van der Waals surface area contributed by atoms with Crippen molar-refractivity contribution in [2.75, 3.05) is 21.2 Å². The van der Waals surface area contributed by atoms with Gasteiger partial charge < -0.3 is 9.64 Å². The van der Waals surface area contributed by atoms with E-state index in [2.05, 4.69) is 16.6 Å². The van der Waals surface area contributed by atoms with Gasteiger partial charge in [0.05, 0.1) is 13.5 Å². The fraction of sp³-hybridized carbons (Fsp3) is 0.444. The number of hydrogen-bond acceptors (Lipinski definition) is 4. The number of esters is 1.